The van der Waals surface area contributed by atoms with Crippen molar-refractivity contribution < 1.29 is 22.1 Å². The molecule has 2 unspecified atom stereocenters. The van der Waals surface area contributed by atoms with Crippen LogP contribution in [0.4, 0.5) is 0 Å². The predicted octanol–water partition coefficient (Wildman–Crippen LogP) is 3.77. The fraction of sp³-hybridized carbons (Fsp3) is 0.240. The van der Waals surface area contributed by atoms with Crippen LogP contribution in [0.5, 0.6) is 0 Å². The van der Waals surface area contributed by atoms with Gasteiger partial charge in [-0.2, -0.15) is 8.42 Å². The third kappa shape index (κ3) is 6.83. The molecule has 0 aromatic heterocycles. The summed E-state index contributed by atoms with van der Waals surface area (Å²) in [6.07, 6.45) is -0.737. The van der Waals surface area contributed by atoms with Crippen molar-refractivity contribution in [2.75, 3.05) is 0 Å². The minimum Gasteiger partial charge on any atom is -0.340 e. The number of carbonyl (C=O) groups is 1. The number of nitrogens with two attached hydrogens (primary N) is 1. The van der Waals surface area contributed by atoms with Crippen molar-refractivity contribution in [1.29, 1.82) is 0 Å². The number of ketones is 1. The first kappa shape index (κ1) is 23.8. The molecule has 2 atom stereocenters. The Morgan fingerprint density at radius 1 is 0.875 bits per heavy atom. The second-order valence-corrected chi connectivity index (χ2v) is 9.10. The van der Waals surface area contributed by atoms with Crippen molar-refractivity contribution in [2.45, 2.75) is 43.6 Å². The Bertz CT molecular complexity index is 1100. The third-order valence-electron chi connectivity index (χ3n) is 4.95. The van der Waals surface area contributed by atoms with E-state index in [9.17, 15) is 13.2 Å². The van der Waals surface area contributed by atoms with Gasteiger partial charge in [0.25, 0.3) is 10.1 Å². The lowest BCUT2D eigenvalue weighted by Gasteiger charge is -2.20. The summed E-state index contributed by atoms with van der Waals surface area (Å²) >= 11 is 0. The van der Waals surface area contributed by atoms with E-state index in [0.29, 0.717) is 12.8 Å². The molecule has 0 heterocycles. The van der Waals surface area contributed by atoms with Gasteiger partial charge in [-0.05, 0) is 43.0 Å². The number of ether oxygens (including phenoxy) is 1. The Morgan fingerprint density at radius 3 is 2.03 bits per heavy atom. The van der Waals surface area contributed by atoms with Gasteiger partial charge in [-0.3, -0.25) is 4.79 Å². The van der Waals surface area contributed by atoms with Gasteiger partial charge < -0.3 is 10.5 Å². The molecule has 2 N–H and O–H groups in total. The van der Waals surface area contributed by atoms with Gasteiger partial charge in [-0.15, -0.1) is 0 Å². The number of carbonyl (C=O) groups excluding carboxylic acids is 1. The van der Waals surface area contributed by atoms with E-state index >= 15 is 0 Å². The Kier molecular flexibility index (Phi) is 8.30. The molecule has 168 valence electrons. The second kappa shape index (κ2) is 11.2. The molecule has 7 heteroatoms. The molecule has 32 heavy (non-hydrogen) atoms. The molecule has 0 saturated heterocycles. The average Bonchev–Trinajstić information content (AvgIpc) is 2.81. The molecule has 0 bridgehead atoms. The molecule has 0 radical (unpaired) electrons. The zero-order valence-corrected chi connectivity index (χ0v) is 18.7. The molecule has 0 aliphatic heterocycles. The standard InChI is InChI=1S/C25H27NO5S/c1-19-12-15-22(16-13-19)32(28,29)31-25(30-18-21-10-6-3-7-11-21)24(27)23(26)17-14-20-8-4-2-5-9-20/h2-13,15-16,23,25H,14,17-18,26H2,1H3. The number of hydrogen-bond acceptors (Lipinski definition) is 6. The van der Waals surface area contributed by atoms with Crippen molar-refractivity contribution in [3.05, 3.63) is 102 Å². The Morgan fingerprint density at radius 2 is 1.44 bits per heavy atom. The highest BCUT2D eigenvalue weighted by molar-refractivity contribution is 7.86. The highest BCUT2D eigenvalue weighted by atomic mass is 32.2. The largest absolute Gasteiger partial charge is 0.340 e. The average molecular weight is 454 g/mol. The first-order valence-electron chi connectivity index (χ1n) is 10.3. The van der Waals surface area contributed by atoms with Gasteiger partial charge in [0.1, 0.15) is 0 Å². The molecule has 3 aromatic carbocycles. The maximum absolute atomic E-state index is 13.0. The number of aryl methyl sites for hydroxylation is 2. The highest BCUT2D eigenvalue weighted by Crippen LogP contribution is 2.18. The summed E-state index contributed by atoms with van der Waals surface area (Å²) in [7, 11) is -4.23. The van der Waals surface area contributed by atoms with E-state index in [-0.39, 0.29) is 11.5 Å². The fourth-order valence-electron chi connectivity index (χ4n) is 3.06. The molecule has 0 aliphatic carbocycles. The zero-order chi connectivity index (χ0) is 23.0. The monoisotopic (exact) mass is 453 g/mol. The number of Topliss-reactive ketones (excluding diaryl/α,β-unsaturated/α-hetero) is 1. The maximum Gasteiger partial charge on any atom is 0.299 e. The predicted molar refractivity (Wildman–Crippen MR) is 122 cm³/mol. The first-order chi connectivity index (χ1) is 15.3. The van der Waals surface area contributed by atoms with E-state index in [1.54, 1.807) is 12.1 Å². The highest BCUT2D eigenvalue weighted by Gasteiger charge is 2.31. The topological polar surface area (TPSA) is 95.7 Å². The first-order valence-corrected chi connectivity index (χ1v) is 11.7. The molecule has 0 amide bonds. The summed E-state index contributed by atoms with van der Waals surface area (Å²) in [5.74, 6) is -0.618. The summed E-state index contributed by atoms with van der Waals surface area (Å²) in [5, 5.41) is 0. The van der Waals surface area contributed by atoms with Gasteiger partial charge in [-0.25, -0.2) is 4.18 Å². The van der Waals surface area contributed by atoms with Crippen LogP contribution in [0.1, 0.15) is 23.1 Å². The van der Waals surface area contributed by atoms with Gasteiger partial charge in [0.2, 0.25) is 12.1 Å². The molecular formula is C25H27NO5S. The smallest absolute Gasteiger partial charge is 0.299 e. The minimum atomic E-state index is -4.23. The van der Waals surface area contributed by atoms with Gasteiger partial charge >= 0.3 is 0 Å². The van der Waals surface area contributed by atoms with Crippen molar-refractivity contribution in [3.63, 3.8) is 0 Å². The van der Waals surface area contributed by atoms with Crippen LogP contribution in [0, 0.1) is 6.92 Å². The molecular weight excluding hydrogens is 426 g/mol. The summed E-state index contributed by atoms with van der Waals surface area (Å²) in [6.45, 7) is 1.85. The Hall–Kier alpha value is -2.84. The van der Waals surface area contributed by atoms with Gasteiger partial charge in [0, 0.05) is 0 Å². The summed E-state index contributed by atoms with van der Waals surface area (Å²) in [6, 6.07) is 24.0. The molecule has 3 aromatic rings. The van der Waals surface area contributed by atoms with Crippen LogP contribution in [0.25, 0.3) is 0 Å². The van der Waals surface area contributed by atoms with Crippen LogP contribution in [0.3, 0.4) is 0 Å². The quantitative estimate of drug-likeness (QED) is 0.351. The lowest BCUT2D eigenvalue weighted by atomic mass is 10.0. The Balaban J connectivity index is 1.74. The molecule has 0 aliphatic rings. The number of benzene rings is 3. The molecule has 6 nitrogen and oxygen atoms in total. The molecule has 3 rings (SSSR count). The molecule has 0 fully saturated rings. The van der Waals surface area contributed by atoms with E-state index in [0.717, 1.165) is 16.7 Å². The molecule has 0 saturated carbocycles. The van der Waals surface area contributed by atoms with Crippen LogP contribution < -0.4 is 5.73 Å². The second-order valence-electron chi connectivity index (χ2n) is 7.53. The third-order valence-corrected chi connectivity index (χ3v) is 6.23. The Labute approximate surface area is 189 Å². The van der Waals surface area contributed by atoms with E-state index in [1.807, 2.05) is 67.6 Å². The zero-order valence-electron chi connectivity index (χ0n) is 17.9. The van der Waals surface area contributed by atoms with Crippen LogP contribution >= 0.6 is 0 Å². The summed E-state index contributed by atoms with van der Waals surface area (Å²) in [5.41, 5.74) is 8.82. The van der Waals surface area contributed by atoms with Crippen molar-refractivity contribution >= 4 is 15.9 Å². The van der Waals surface area contributed by atoms with E-state index in [4.69, 9.17) is 14.7 Å². The van der Waals surface area contributed by atoms with Crippen LogP contribution in [0.15, 0.2) is 89.8 Å². The maximum atomic E-state index is 13.0. The van der Waals surface area contributed by atoms with Gasteiger partial charge in [-0.1, -0.05) is 78.4 Å². The number of rotatable bonds is 11. The van der Waals surface area contributed by atoms with Crippen molar-refractivity contribution in [3.8, 4) is 0 Å². The SMILES string of the molecule is Cc1ccc(S(=O)(=O)OC(OCc2ccccc2)C(=O)C(N)CCc2ccccc2)cc1. The normalized spacial score (nSPS) is 13.4. The lowest BCUT2D eigenvalue weighted by Crippen LogP contribution is -2.42. The number of hydrogen-bond donors (Lipinski definition) is 1. The van der Waals surface area contributed by atoms with E-state index in [1.165, 1.54) is 12.1 Å². The van der Waals surface area contributed by atoms with E-state index in [2.05, 4.69) is 0 Å². The summed E-state index contributed by atoms with van der Waals surface area (Å²) < 4.78 is 36.4. The lowest BCUT2D eigenvalue weighted by molar-refractivity contribution is -0.153. The summed E-state index contributed by atoms with van der Waals surface area (Å²) in [4.78, 5) is 13.0. The minimum absolute atomic E-state index is 0.00602. The van der Waals surface area contributed by atoms with Crippen molar-refractivity contribution in [2.24, 2.45) is 5.73 Å². The van der Waals surface area contributed by atoms with Gasteiger partial charge in [0.15, 0.2) is 0 Å². The van der Waals surface area contributed by atoms with E-state index < -0.39 is 28.2 Å². The van der Waals surface area contributed by atoms with Gasteiger partial charge in [0.05, 0.1) is 17.5 Å². The van der Waals surface area contributed by atoms with Crippen molar-refractivity contribution in [1.82, 2.24) is 0 Å². The van der Waals surface area contributed by atoms with Crippen LogP contribution in [0.2, 0.25) is 0 Å². The molecule has 0 spiro atoms. The van der Waals surface area contributed by atoms with Crippen LogP contribution in [-0.4, -0.2) is 26.5 Å². The van der Waals surface area contributed by atoms with Crippen LogP contribution in [-0.2, 0) is 36.9 Å². The fourth-order valence-corrected chi connectivity index (χ4v) is 4.02.